The molecule has 0 bridgehead atoms. The summed E-state index contributed by atoms with van der Waals surface area (Å²) < 4.78 is 29.2. The average molecular weight is 545 g/mol. The molecule has 170 valence electrons. The summed E-state index contributed by atoms with van der Waals surface area (Å²) in [7, 11) is -1.37. The number of halogens is 1. The number of nitrogens with one attached hydrogen (secondary N) is 1. The minimum absolute atomic E-state index is 0. The molecule has 0 aromatic carbocycles. The minimum atomic E-state index is -3.09. The number of rotatable bonds is 2. The normalized spacial score (nSPS) is 24.5. The van der Waals surface area contributed by atoms with E-state index in [1.54, 1.807) is 25.8 Å². The molecule has 29 heavy (non-hydrogen) atoms. The van der Waals surface area contributed by atoms with Crippen molar-refractivity contribution in [3.63, 3.8) is 0 Å². The molecule has 0 radical (unpaired) electrons. The molecule has 2 heterocycles. The van der Waals surface area contributed by atoms with Crippen molar-refractivity contribution in [3.8, 4) is 0 Å². The third-order valence-corrected chi connectivity index (χ3v) is 7.81. The zero-order valence-corrected chi connectivity index (χ0v) is 21.7. The molecule has 0 aromatic rings. The highest BCUT2D eigenvalue weighted by Crippen LogP contribution is 2.24. The fraction of sp³-hybridized carbons (Fsp3) is 0.895. The second-order valence-electron chi connectivity index (χ2n) is 9.36. The Bertz CT molecular complexity index is 703. The number of ether oxygens (including phenoxy) is 1. The lowest BCUT2D eigenvalue weighted by Gasteiger charge is -2.40. The van der Waals surface area contributed by atoms with Gasteiger partial charge in [-0.1, -0.05) is 0 Å². The largest absolute Gasteiger partial charge is 0.444 e. The van der Waals surface area contributed by atoms with E-state index < -0.39 is 20.2 Å². The molecule has 2 fully saturated rings. The summed E-state index contributed by atoms with van der Waals surface area (Å²) in [6, 6.07) is 0. The SMILES string of the molecule is CN=C(NCC1CCCN(C(=O)OC(C)(C)C)C1)N1CCS(=O)(=O)C(C)(C)C1.I. The maximum absolute atomic E-state index is 12.3. The maximum Gasteiger partial charge on any atom is 0.410 e. The zero-order valence-electron chi connectivity index (χ0n) is 18.5. The van der Waals surface area contributed by atoms with Gasteiger partial charge in [-0.05, 0) is 53.4 Å². The van der Waals surface area contributed by atoms with Crippen molar-refractivity contribution in [2.45, 2.75) is 57.8 Å². The third kappa shape index (κ3) is 7.15. The van der Waals surface area contributed by atoms with Crippen molar-refractivity contribution in [2.24, 2.45) is 10.9 Å². The minimum Gasteiger partial charge on any atom is -0.444 e. The van der Waals surface area contributed by atoms with E-state index in [0.717, 1.165) is 25.3 Å². The molecule has 2 saturated heterocycles. The highest BCUT2D eigenvalue weighted by molar-refractivity contribution is 14.0. The van der Waals surface area contributed by atoms with Crippen LogP contribution >= 0.6 is 24.0 Å². The summed E-state index contributed by atoms with van der Waals surface area (Å²) in [6.45, 7) is 12.1. The van der Waals surface area contributed by atoms with Crippen LogP contribution in [0.15, 0.2) is 4.99 Å². The van der Waals surface area contributed by atoms with Crippen LogP contribution in [0, 0.1) is 5.92 Å². The Kier molecular flexibility index (Phi) is 9.07. The van der Waals surface area contributed by atoms with Gasteiger partial charge < -0.3 is 19.9 Å². The molecule has 0 aliphatic carbocycles. The zero-order chi connectivity index (χ0) is 21.2. The fourth-order valence-corrected chi connectivity index (χ4v) is 4.98. The van der Waals surface area contributed by atoms with Crippen LogP contribution < -0.4 is 5.32 Å². The Labute approximate surface area is 192 Å². The molecular formula is C19H37IN4O4S. The Morgan fingerprint density at radius 2 is 1.90 bits per heavy atom. The van der Waals surface area contributed by atoms with E-state index in [1.807, 2.05) is 25.7 Å². The number of amides is 1. The second-order valence-corrected chi connectivity index (χ2v) is 12.1. The summed E-state index contributed by atoms with van der Waals surface area (Å²) in [5, 5.41) is 3.38. The summed E-state index contributed by atoms with van der Waals surface area (Å²) in [5.41, 5.74) is -0.494. The van der Waals surface area contributed by atoms with Gasteiger partial charge in [-0.2, -0.15) is 0 Å². The fourth-order valence-electron chi connectivity index (χ4n) is 3.62. The molecule has 0 spiro atoms. The van der Waals surface area contributed by atoms with Crippen LogP contribution in [0.2, 0.25) is 0 Å². The number of nitrogens with zero attached hydrogens (tertiary/aromatic N) is 3. The number of hydrogen-bond acceptors (Lipinski definition) is 5. The van der Waals surface area contributed by atoms with Crippen LogP contribution in [0.1, 0.15) is 47.5 Å². The van der Waals surface area contributed by atoms with Gasteiger partial charge in [0.25, 0.3) is 0 Å². The van der Waals surface area contributed by atoms with Gasteiger partial charge in [0, 0.05) is 39.8 Å². The Morgan fingerprint density at radius 3 is 2.45 bits per heavy atom. The predicted molar refractivity (Wildman–Crippen MR) is 127 cm³/mol. The summed E-state index contributed by atoms with van der Waals surface area (Å²) >= 11 is 0. The molecule has 1 N–H and O–H groups in total. The first-order chi connectivity index (χ1) is 12.8. The number of likely N-dealkylation sites (tertiary alicyclic amines) is 1. The summed E-state index contributed by atoms with van der Waals surface area (Å²) in [4.78, 5) is 20.5. The number of aliphatic imine (C=N–C) groups is 1. The lowest BCUT2D eigenvalue weighted by Crippen LogP contribution is -2.57. The van der Waals surface area contributed by atoms with Gasteiger partial charge in [-0.3, -0.25) is 4.99 Å². The van der Waals surface area contributed by atoms with E-state index in [1.165, 1.54) is 0 Å². The summed E-state index contributed by atoms with van der Waals surface area (Å²) in [6.07, 6.45) is 1.71. The molecule has 0 saturated carbocycles. The maximum atomic E-state index is 12.3. The van der Waals surface area contributed by atoms with Crippen LogP contribution in [0.25, 0.3) is 0 Å². The highest BCUT2D eigenvalue weighted by Gasteiger charge is 2.41. The first-order valence-electron chi connectivity index (χ1n) is 10.0. The molecule has 2 aliphatic rings. The van der Waals surface area contributed by atoms with Crippen LogP contribution in [0.4, 0.5) is 4.79 Å². The highest BCUT2D eigenvalue weighted by atomic mass is 127. The topological polar surface area (TPSA) is 91.3 Å². The Balaban J connectivity index is 0.00000420. The third-order valence-electron chi connectivity index (χ3n) is 5.27. The standard InChI is InChI=1S/C19H36N4O4S.HI/c1-18(2,3)27-17(24)22-9-7-8-15(13-22)12-21-16(20-6)23-10-11-28(25,26)19(4,5)14-23;/h15H,7-14H2,1-6H3,(H,20,21);1H. The van der Waals surface area contributed by atoms with Crippen molar-refractivity contribution in [1.29, 1.82) is 0 Å². The van der Waals surface area contributed by atoms with Crippen molar-refractivity contribution < 1.29 is 17.9 Å². The van der Waals surface area contributed by atoms with Crippen LogP contribution in [0.5, 0.6) is 0 Å². The van der Waals surface area contributed by atoms with Gasteiger partial charge in [0.15, 0.2) is 15.8 Å². The van der Waals surface area contributed by atoms with E-state index >= 15 is 0 Å². The lowest BCUT2D eigenvalue weighted by molar-refractivity contribution is 0.0168. The molecule has 8 nitrogen and oxygen atoms in total. The number of carbonyl (C=O) groups excluding carboxylic acids is 1. The monoisotopic (exact) mass is 544 g/mol. The quantitative estimate of drug-likeness (QED) is 0.326. The van der Waals surface area contributed by atoms with Gasteiger partial charge in [-0.15, -0.1) is 24.0 Å². The van der Waals surface area contributed by atoms with E-state index in [4.69, 9.17) is 4.74 Å². The van der Waals surface area contributed by atoms with E-state index in [9.17, 15) is 13.2 Å². The van der Waals surface area contributed by atoms with E-state index in [0.29, 0.717) is 32.1 Å². The Morgan fingerprint density at radius 1 is 1.24 bits per heavy atom. The van der Waals surface area contributed by atoms with Crippen molar-refractivity contribution in [2.75, 3.05) is 45.5 Å². The van der Waals surface area contributed by atoms with Crippen LogP contribution in [-0.4, -0.2) is 86.1 Å². The van der Waals surface area contributed by atoms with Crippen LogP contribution in [0.3, 0.4) is 0 Å². The molecule has 1 amide bonds. The molecule has 2 rings (SSSR count). The predicted octanol–water partition coefficient (Wildman–Crippen LogP) is 2.34. The number of sulfone groups is 1. The van der Waals surface area contributed by atoms with Crippen molar-refractivity contribution in [3.05, 3.63) is 0 Å². The smallest absolute Gasteiger partial charge is 0.410 e. The number of guanidine groups is 1. The van der Waals surface area contributed by atoms with Crippen LogP contribution in [-0.2, 0) is 14.6 Å². The first-order valence-corrected chi connectivity index (χ1v) is 11.7. The number of carbonyl (C=O) groups is 1. The van der Waals surface area contributed by atoms with Gasteiger partial charge in [0.1, 0.15) is 5.60 Å². The van der Waals surface area contributed by atoms with Gasteiger partial charge in [0.2, 0.25) is 0 Å². The molecule has 0 aromatic heterocycles. The molecular weight excluding hydrogens is 507 g/mol. The summed E-state index contributed by atoms with van der Waals surface area (Å²) in [5.74, 6) is 1.16. The second kappa shape index (κ2) is 10.0. The van der Waals surface area contributed by atoms with Gasteiger partial charge in [-0.25, -0.2) is 13.2 Å². The lowest BCUT2D eigenvalue weighted by atomic mass is 9.98. The van der Waals surface area contributed by atoms with E-state index in [-0.39, 0.29) is 35.8 Å². The Hall–Kier alpha value is -0.780. The number of piperidine rings is 1. The van der Waals surface area contributed by atoms with Gasteiger partial charge >= 0.3 is 6.09 Å². The number of hydrogen-bond donors (Lipinski definition) is 1. The molecule has 1 unspecified atom stereocenters. The average Bonchev–Trinajstić information content (AvgIpc) is 2.57. The van der Waals surface area contributed by atoms with E-state index in [2.05, 4.69) is 10.3 Å². The molecule has 1 atom stereocenters. The van der Waals surface area contributed by atoms with Gasteiger partial charge in [0.05, 0.1) is 10.5 Å². The first kappa shape index (κ1) is 26.3. The molecule has 2 aliphatic heterocycles. The molecule has 10 heteroatoms. The van der Waals surface area contributed by atoms with Crippen molar-refractivity contribution >= 4 is 45.9 Å². The van der Waals surface area contributed by atoms with Crippen molar-refractivity contribution in [1.82, 2.24) is 15.1 Å².